The number of carbonyl (C=O) groups is 2. The zero-order valence-electron chi connectivity index (χ0n) is 16.9. The predicted molar refractivity (Wildman–Crippen MR) is 127 cm³/mol. The number of benzene rings is 3. The summed E-state index contributed by atoms with van der Waals surface area (Å²) in [6.07, 6.45) is 0.0319. The lowest BCUT2D eigenvalue weighted by atomic mass is 10.2. The van der Waals surface area contributed by atoms with Crippen LogP contribution in [-0.2, 0) is 16.1 Å². The van der Waals surface area contributed by atoms with Crippen LogP contribution in [0.2, 0.25) is 5.02 Å². The van der Waals surface area contributed by atoms with Crippen molar-refractivity contribution in [1.29, 1.82) is 0 Å². The first kappa shape index (κ1) is 22.0. The molecule has 2 amide bonds. The highest BCUT2D eigenvalue weighted by Gasteiger charge is 2.36. The van der Waals surface area contributed by atoms with E-state index in [-0.39, 0.29) is 24.1 Å². The summed E-state index contributed by atoms with van der Waals surface area (Å²) in [5.74, 6) is -0.920. The van der Waals surface area contributed by atoms with E-state index in [1.54, 1.807) is 29.2 Å². The van der Waals surface area contributed by atoms with Gasteiger partial charge in [-0.05, 0) is 54.1 Å². The number of aliphatic imine (C=N–C) groups is 1. The van der Waals surface area contributed by atoms with Crippen molar-refractivity contribution < 1.29 is 14.0 Å². The number of amides is 2. The molecule has 4 rings (SSSR count). The van der Waals surface area contributed by atoms with Gasteiger partial charge in [0.25, 0.3) is 0 Å². The topological polar surface area (TPSA) is 61.8 Å². The van der Waals surface area contributed by atoms with E-state index in [4.69, 9.17) is 11.6 Å². The molecule has 0 aromatic heterocycles. The quantitative estimate of drug-likeness (QED) is 0.528. The molecule has 3 aromatic rings. The van der Waals surface area contributed by atoms with Gasteiger partial charge in [0.1, 0.15) is 11.1 Å². The highest BCUT2D eigenvalue weighted by molar-refractivity contribution is 8.15. The van der Waals surface area contributed by atoms with Crippen molar-refractivity contribution in [3.05, 3.63) is 95.3 Å². The summed E-state index contributed by atoms with van der Waals surface area (Å²) >= 11 is 7.20. The molecule has 0 saturated carbocycles. The third-order valence-electron chi connectivity index (χ3n) is 4.78. The monoisotopic (exact) mass is 467 g/mol. The minimum Gasteiger partial charge on any atom is -0.325 e. The van der Waals surface area contributed by atoms with Crippen LogP contribution in [0.15, 0.2) is 83.9 Å². The molecule has 1 heterocycles. The van der Waals surface area contributed by atoms with Crippen molar-refractivity contribution in [3.8, 4) is 0 Å². The van der Waals surface area contributed by atoms with E-state index in [0.29, 0.717) is 28.1 Å². The van der Waals surface area contributed by atoms with Gasteiger partial charge in [-0.1, -0.05) is 53.7 Å². The number of hydrogen-bond donors (Lipinski definition) is 1. The molecule has 1 aliphatic heterocycles. The normalized spacial score (nSPS) is 17.4. The number of amidine groups is 1. The standard InChI is InChI=1S/C24H19ClFN3O2S/c25-17-6-10-20(11-7-17)28-24-29(15-16-4-2-1-3-5-16)22(30)14-21(32-24)23(31)27-19-12-8-18(26)9-13-19/h1-13,21H,14-15H2,(H,27,31). The molecule has 3 aromatic carbocycles. The van der Waals surface area contributed by atoms with E-state index in [2.05, 4.69) is 10.3 Å². The Morgan fingerprint density at radius 3 is 2.44 bits per heavy atom. The van der Waals surface area contributed by atoms with E-state index >= 15 is 0 Å². The molecular formula is C24H19ClFN3O2S. The van der Waals surface area contributed by atoms with Crippen molar-refractivity contribution in [2.45, 2.75) is 18.2 Å². The van der Waals surface area contributed by atoms with E-state index < -0.39 is 5.25 Å². The third-order valence-corrected chi connectivity index (χ3v) is 6.22. The Morgan fingerprint density at radius 2 is 1.75 bits per heavy atom. The summed E-state index contributed by atoms with van der Waals surface area (Å²) in [6, 6.07) is 22.0. The fraction of sp³-hybridized carbons (Fsp3) is 0.125. The van der Waals surface area contributed by atoms with Crippen LogP contribution in [0.5, 0.6) is 0 Å². The lowest BCUT2D eigenvalue weighted by Gasteiger charge is -2.32. The van der Waals surface area contributed by atoms with Crippen LogP contribution in [0.25, 0.3) is 0 Å². The third kappa shape index (κ3) is 5.55. The van der Waals surface area contributed by atoms with Crippen LogP contribution in [0, 0.1) is 5.82 Å². The average Bonchev–Trinajstić information content (AvgIpc) is 2.79. The summed E-state index contributed by atoms with van der Waals surface area (Å²) in [4.78, 5) is 32.1. The first-order chi connectivity index (χ1) is 15.5. The minimum atomic E-state index is -0.661. The van der Waals surface area contributed by atoms with Gasteiger partial charge < -0.3 is 5.32 Å². The van der Waals surface area contributed by atoms with Gasteiger partial charge in [-0.25, -0.2) is 9.38 Å². The Kier molecular flexibility index (Phi) is 6.87. The summed E-state index contributed by atoms with van der Waals surface area (Å²) in [7, 11) is 0. The minimum absolute atomic E-state index is 0.0319. The summed E-state index contributed by atoms with van der Waals surface area (Å²) in [5, 5.41) is 3.10. The number of rotatable bonds is 5. The number of halogens is 2. The highest BCUT2D eigenvalue weighted by atomic mass is 35.5. The molecule has 1 fully saturated rings. The Balaban J connectivity index is 1.58. The highest BCUT2D eigenvalue weighted by Crippen LogP contribution is 2.31. The Bertz CT molecular complexity index is 1140. The van der Waals surface area contributed by atoms with Gasteiger partial charge in [0, 0.05) is 17.1 Å². The molecular weight excluding hydrogens is 449 g/mol. The van der Waals surface area contributed by atoms with Gasteiger partial charge in [-0.2, -0.15) is 0 Å². The smallest absolute Gasteiger partial charge is 0.238 e. The van der Waals surface area contributed by atoms with Crippen LogP contribution in [-0.4, -0.2) is 27.1 Å². The lowest BCUT2D eigenvalue weighted by Crippen LogP contribution is -2.44. The van der Waals surface area contributed by atoms with Crippen molar-refractivity contribution in [3.63, 3.8) is 0 Å². The van der Waals surface area contributed by atoms with Gasteiger partial charge in [0.15, 0.2) is 5.17 Å². The zero-order valence-corrected chi connectivity index (χ0v) is 18.4. The fourth-order valence-electron chi connectivity index (χ4n) is 3.14. The summed E-state index contributed by atoms with van der Waals surface area (Å²) in [5.41, 5.74) is 2.05. The number of nitrogens with zero attached hydrogens (tertiary/aromatic N) is 2. The van der Waals surface area contributed by atoms with Crippen LogP contribution < -0.4 is 5.32 Å². The molecule has 0 aliphatic carbocycles. The van der Waals surface area contributed by atoms with Gasteiger partial charge in [-0.15, -0.1) is 0 Å². The fourth-order valence-corrected chi connectivity index (χ4v) is 4.37. The molecule has 5 nitrogen and oxygen atoms in total. The second-order valence-corrected chi connectivity index (χ2v) is 8.75. The molecule has 0 bridgehead atoms. The van der Waals surface area contributed by atoms with Crippen LogP contribution >= 0.6 is 23.4 Å². The van der Waals surface area contributed by atoms with E-state index in [1.807, 2.05) is 30.3 Å². The second-order valence-electron chi connectivity index (χ2n) is 7.14. The van der Waals surface area contributed by atoms with Gasteiger partial charge >= 0.3 is 0 Å². The molecule has 1 atom stereocenters. The maximum atomic E-state index is 13.1. The largest absolute Gasteiger partial charge is 0.325 e. The number of carbonyl (C=O) groups excluding carboxylic acids is 2. The molecule has 8 heteroatoms. The lowest BCUT2D eigenvalue weighted by molar-refractivity contribution is -0.129. The molecule has 162 valence electrons. The molecule has 1 N–H and O–H groups in total. The van der Waals surface area contributed by atoms with Crippen molar-refractivity contribution in [2.75, 3.05) is 5.32 Å². The van der Waals surface area contributed by atoms with E-state index in [0.717, 1.165) is 5.56 Å². The average molecular weight is 468 g/mol. The molecule has 1 unspecified atom stereocenters. The van der Waals surface area contributed by atoms with Crippen LogP contribution in [0.3, 0.4) is 0 Å². The van der Waals surface area contributed by atoms with Crippen molar-refractivity contribution in [2.24, 2.45) is 4.99 Å². The molecule has 0 spiro atoms. The Morgan fingerprint density at radius 1 is 1.06 bits per heavy atom. The molecule has 1 saturated heterocycles. The van der Waals surface area contributed by atoms with Gasteiger partial charge in [0.2, 0.25) is 11.8 Å². The van der Waals surface area contributed by atoms with Gasteiger partial charge in [-0.3, -0.25) is 14.5 Å². The van der Waals surface area contributed by atoms with Gasteiger partial charge in [0.05, 0.1) is 12.2 Å². The summed E-state index contributed by atoms with van der Waals surface area (Å²) in [6.45, 7) is 0.353. The number of anilines is 1. The Labute approximate surface area is 194 Å². The predicted octanol–water partition coefficient (Wildman–Crippen LogP) is 5.64. The van der Waals surface area contributed by atoms with E-state index in [1.165, 1.54) is 36.0 Å². The number of thioether (sulfide) groups is 1. The SMILES string of the molecule is O=C(Nc1ccc(F)cc1)C1CC(=O)N(Cc2ccccc2)C(=Nc2ccc(Cl)cc2)S1. The van der Waals surface area contributed by atoms with Crippen molar-refractivity contribution in [1.82, 2.24) is 4.90 Å². The maximum Gasteiger partial charge on any atom is 0.238 e. The van der Waals surface area contributed by atoms with Crippen molar-refractivity contribution >= 4 is 51.7 Å². The summed E-state index contributed by atoms with van der Waals surface area (Å²) < 4.78 is 13.1. The number of nitrogens with one attached hydrogen (secondary N) is 1. The zero-order chi connectivity index (χ0) is 22.5. The van der Waals surface area contributed by atoms with E-state index in [9.17, 15) is 14.0 Å². The Hall–Kier alpha value is -3.16. The van der Waals surface area contributed by atoms with Crippen LogP contribution in [0.1, 0.15) is 12.0 Å². The first-order valence-electron chi connectivity index (χ1n) is 9.89. The molecule has 0 radical (unpaired) electrons. The first-order valence-corrected chi connectivity index (χ1v) is 11.2. The number of hydrogen-bond acceptors (Lipinski definition) is 4. The second kappa shape index (κ2) is 9.97. The molecule has 32 heavy (non-hydrogen) atoms. The maximum absolute atomic E-state index is 13.1. The van der Waals surface area contributed by atoms with Crippen LogP contribution in [0.4, 0.5) is 15.8 Å². The molecule has 1 aliphatic rings.